The molecule has 0 amide bonds. The molecule has 1 aromatic rings. The molecule has 2 N–H and O–H groups in total. The van der Waals surface area contributed by atoms with Crippen molar-refractivity contribution in [3.05, 3.63) is 28.2 Å². The molecule has 1 saturated carbocycles. The van der Waals surface area contributed by atoms with E-state index in [1.807, 2.05) is 12.1 Å². The van der Waals surface area contributed by atoms with Crippen LogP contribution in [0.25, 0.3) is 0 Å². The van der Waals surface area contributed by atoms with E-state index in [1.165, 1.54) is 12.0 Å². The summed E-state index contributed by atoms with van der Waals surface area (Å²) in [6, 6.07) is 6.15. The van der Waals surface area contributed by atoms with E-state index in [9.17, 15) is 0 Å². The van der Waals surface area contributed by atoms with Crippen molar-refractivity contribution in [2.45, 2.75) is 19.4 Å². The molecule has 0 aliphatic heterocycles. The second kappa shape index (κ2) is 4.14. The van der Waals surface area contributed by atoms with Gasteiger partial charge in [0.15, 0.2) is 0 Å². The van der Waals surface area contributed by atoms with Gasteiger partial charge in [-0.15, -0.1) is 0 Å². The van der Waals surface area contributed by atoms with E-state index in [1.54, 1.807) is 7.11 Å². The van der Waals surface area contributed by atoms with Crippen LogP contribution >= 0.6 is 15.9 Å². The Kier molecular flexibility index (Phi) is 3.03. The lowest BCUT2D eigenvalue weighted by atomic mass is 10.0. The number of methoxy groups -OCH3 is 1. The minimum Gasteiger partial charge on any atom is -0.497 e. The molecule has 15 heavy (non-hydrogen) atoms. The fourth-order valence-electron chi connectivity index (χ4n) is 1.99. The third kappa shape index (κ3) is 2.18. The molecule has 2 nitrogen and oxygen atoms in total. The Morgan fingerprint density at radius 2 is 2.20 bits per heavy atom. The molecule has 3 heteroatoms. The van der Waals surface area contributed by atoms with Crippen molar-refractivity contribution in [1.82, 2.24) is 0 Å². The first-order valence-electron chi connectivity index (χ1n) is 5.22. The molecule has 0 radical (unpaired) electrons. The van der Waals surface area contributed by atoms with Crippen molar-refractivity contribution in [3.63, 3.8) is 0 Å². The number of rotatable bonds is 3. The smallest absolute Gasteiger partial charge is 0.120 e. The summed E-state index contributed by atoms with van der Waals surface area (Å²) in [5.41, 5.74) is 7.40. The second-order valence-corrected chi connectivity index (χ2v) is 5.14. The molecule has 3 atom stereocenters. The van der Waals surface area contributed by atoms with Crippen molar-refractivity contribution in [1.29, 1.82) is 0 Å². The Morgan fingerprint density at radius 1 is 1.53 bits per heavy atom. The largest absolute Gasteiger partial charge is 0.497 e. The molecule has 1 fully saturated rings. The number of halogens is 1. The zero-order chi connectivity index (χ0) is 11.0. The molecule has 3 unspecified atom stereocenters. The van der Waals surface area contributed by atoms with Gasteiger partial charge >= 0.3 is 0 Å². The van der Waals surface area contributed by atoms with Gasteiger partial charge in [-0.05, 0) is 36.0 Å². The first-order valence-corrected chi connectivity index (χ1v) is 6.01. The lowest BCUT2D eigenvalue weighted by molar-refractivity contribution is 0.414. The van der Waals surface area contributed by atoms with Gasteiger partial charge in [0.25, 0.3) is 0 Å². The van der Waals surface area contributed by atoms with Gasteiger partial charge in [0.1, 0.15) is 5.75 Å². The molecule has 1 aromatic carbocycles. The normalized spacial score (nSPS) is 26.1. The Balaban J connectivity index is 2.21. The highest BCUT2D eigenvalue weighted by Gasteiger charge is 2.38. The van der Waals surface area contributed by atoms with Gasteiger partial charge < -0.3 is 10.5 Å². The molecule has 1 aliphatic carbocycles. The van der Waals surface area contributed by atoms with Crippen molar-refractivity contribution < 1.29 is 4.74 Å². The fraction of sp³-hybridized carbons (Fsp3) is 0.500. The second-order valence-electron chi connectivity index (χ2n) is 4.29. The molecule has 0 spiro atoms. The molecule has 0 saturated heterocycles. The van der Waals surface area contributed by atoms with Crippen molar-refractivity contribution in [2.75, 3.05) is 7.11 Å². The van der Waals surface area contributed by atoms with E-state index in [4.69, 9.17) is 10.5 Å². The summed E-state index contributed by atoms with van der Waals surface area (Å²) in [5.74, 6) is 2.28. The average Bonchev–Trinajstić information content (AvgIpc) is 2.94. The van der Waals surface area contributed by atoms with E-state index >= 15 is 0 Å². The average molecular weight is 270 g/mol. The monoisotopic (exact) mass is 269 g/mol. The summed E-state index contributed by atoms with van der Waals surface area (Å²) in [6.07, 6.45) is 1.25. The number of nitrogens with two attached hydrogens (primary N) is 1. The van der Waals surface area contributed by atoms with Gasteiger partial charge in [0.05, 0.1) is 7.11 Å². The van der Waals surface area contributed by atoms with Gasteiger partial charge in [-0.1, -0.05) is 28.9 Å². The lowest BCUT2D eigenvalue weighted by Gasteiger charge is -2.14. The topological polar surface area (TPSA) is 35.2 Å². The summed E-state index contributed by atoms with van der Waals surface area (Å²) in [5, 5.41) is 0. The lowest BCUT2D eigenvalue weighted by Crippen LogP contribution is -2.14. The van der Waals surface area contributed by atoms with Crippen molar-refractivity contribution in [3.8, 4) is 5.75 Å². The van der Waals surface area contributed by atoms with Crippen LogP contribution in [0.4, 0.5) is 0 Å². The number of hydrogen-bond acceptors (Lipinski definition) is 2. The summed E-state index contributed by atoms with van der Waals surface area (Å²) < 4.78 is 6.21. The summed E-state index contributed by atoms with van der Waals surface area (Å²) >= 11 is 3.54. The van der Waals surface area contributed by atoms with Crippen LogP contribution in [0.1, 0.15) is 24.9 Å². The summed E-state index contributed by atoms with van der Waals surface area (Å²) in [4.78, 5) is 0. The Bertz CT molecular complexity index is 367. The van der Waals surface area contributed by atoms with Crippen LogP contribution in [0.3, 0.4) is 0 Å². The summed E-state index contributed by atoms with van der Waals surface area (Å²) in [7, 11) is 1.67. The van der Waals surface area contributed by atoms with Crippen LogP contribution in [0.2, 0.25) is 0 Å². The number of benzene rings is 1. The zero-order valence-corrected chi connectivity index (χ0v) is 10.6. The zero-order valence-electron chi connectivity index (χ0n) is 9.03. The van der Waals surface area contributed by atoms with Crippen molar-refractivity contribution >= 4 is 15.9 Å². The van der Waals surface area contributed by atoms with Crippen LogP contribution in [0.5, 0.6) is 5.75 Å². The van der Waals surface area contributed by atoms with Gasteiger partial charge in [0.2, 0.25) is 0 Å². The number of hydrogen-bond donors (Lipinski definition) is 1. The van der Waals surface area contributed by atoms with Crippen LogP contribution in [0.15, 0.2) is 22.7 Å². The van der Waals surface area contributed by atoms with E-state index < -0.39 is 0 Å². The van der Waals surface area contributed by atoms with Gasteiger partial charge in [-0.2, -0.15) is 0 Å². The summed E-state index contributed by atoms with van der Waals surface area (Å²) in [6.45, 7) is 2.25. The maximum atomic E-state index is 6.21. The Hall–Kier alpha value is -0.540. The highest BCUT2D eigenvalue weighted by atomic mass is 79.9. The fourth-order valence-corrected chi connectivity index (χ4v) is 2.61. The quantitative estimate of drug-likeness (QED) is 0.915. The molecule has 0 aromatic heterocycles. The molecule has 1 aliphatic rings. The predicted octanol–water partition coefficient (Wildman–Crippen LogP) is 3.11. The third-order valence-corrected chi connectivity index (χ3v) is 3.89. The van der Waals surface area contributed by atoms with Gasteiger partial charge in [-0.25, -0.2) is 0 Å². The number of ether oxygens (including phenoxy) is 1. The highest BCUT2D eigenvalue weighted by Crippen LogP contribution is 2.47. The highest BCUT2D eigenvalue weighted by molar-refractivity contribution is 9.10. The van der Waals surface area contributed by atoms with E-state index in [-0.39, 0.29) is 6.04 Å². The predicted molar refractivity (Wildman–Crippen MR) is 64.9 cm³/mol. The first kappa shape index (κ1) is 11.0. The van der Waals surface area contributed by atoms with Gasteiger partial charge in [0, 0.05) is 10.5 Å². The molecule has 2 rings (SSSR count). The van der Waals surface area contributed by atoms with E-state index in [2.05, 4.69) is 28.9 Å². The van der Waals surface area contributed by atoms with Crippen LogP contribution < -0.4 is 10.5 Å². The Morgan fingerprint density at radius 3 is 2.67 bits per heavy atom. The SMILES string of the molecule is COc1ccc(C(N)C2CC2C)c(Br)c1. The maximum absolute atomic E-state index is 6.21. The van der Waals surface area contributed by atoms with E-state index in [0.29, 0.717) is 5.92 Å². The van der Waals surface area contributed by atoms with Crippen LogP contribution in [-0.2, 0) is 0 Å². The minimum absolute atomic E-state index is 0.153. The molecular formula is C12H16BrNO. The molecule has 0 bridgehead atoms. The van der Waals surface area contributed by atoms with Crippen molar-refractivity contribution in [2.24, 2.45) is 17.6 Å². The maximum Gasteiger partial charge on any atom is 0.120 e. The molecular weight excluding hydrogens is 254 g/mol. The van der Waals surface area contributed by atoms with Crippen LogP contribution in [-0.4, -0.2) is 7.11 Å². The third-order valence-electron chi connectivity index (χ3n) is 3.20. The standard InChI is InChI=1S/C12H16BrNO/c1-7-5-10(7)12(14)9-4-3-8(15-2)6-11(9)13/h3-4,6-7,10,12H,5,14H2,1-2H3. The van der Waals surface area contributed by atoms with Crippen LogP contribution in [0, 0.1) is 11.8 Å². The minimum atomic E-state index is 0.153. The van der Waals surface area contributed by atoms with Gasteiger partial charge in [-0.3, -0.25) is 0 Å². The first-order chi connectivity index (χ1) is 7.13. The van der Waals surface area contributed by atoms with E-state index in [0.717, 1.165) is 16.1 Å². The Labute approximate surface area is 98.9 Å². The molecule has 0 heterocycles. The molecule has 82 valence electrons.